The Balaban J connectivity index is 1.21. The molecule has 0 spiro atoms. The van der Waals surface area contributed by atoms with Gasteiger partial charge in [0.2, 0.25) is 0 Å². The molecule has 0 saturated carbocycles. The Morgan fingerprint density at radius 2 is 1.84 bits per heavy atom. The van der Waals surface area contributed by atoms with Gasteiger partial charge < -0.3 is 9.80 Å². The first kappa shape index (κ1) is 21.0. The van der Waals surface area contributed by atoms with Crippen LogP contribution in [0.5, 0.6) is 0 Å². The lowest BCUT2D eigenvalue weighted by molar-refractivity contribution is 0.0781. The number of benzene rings is 1. The van der Waals surface area contributed by atoms with Crippen LogP contribution in [-0.2, 0) is 0 Å². The van der Waals surface area contributed by atoms with E-state index in [4.69, 9.17) is 0 Å². The highest BCUT2D eigenvalue weighted by atomic mass is 19.1. The SMILES string of the molecule is CCC1CN(C(=O)c2cccn3nnnc23)CC1CN1CCC(c2ccc(F)cc2)CC1. The van der Waals surface area contributed by atoms with Gasteiger partial charge in [0.05, 0.1) is 5.56 Å². The maximum Gasteiger partial charge on any atom is 0.257 e. The van der Waals surface area contributed by atoms with Gasteiger partial charge in [-0.1, -0.05) is 25.5 Å². The number of nitrogens with zero attached hydrogens (tertiary/aromatic N) is 6. The predicted octanol–water partition coefficient (Wildman–Crippen LogP) is 3.24. The molecule has 0 radical (unpaired) electrons. The second kappa shape index (κ2) is 8.94. The van der Waals surface area contributed by atoms with Crippen LogP contribution in [0.15, 0.2) is 42.6 Å². The third-order valence-electron chi connectivity index (χ3n) is 7.26. The highest BCUT2D eigenvalue weighted by Crippen LogP contribution is 2.32. The van der Waals surface area contributed by atoms with Crippen LogP contribution in [0.2, 0.25) is 0 Å². The molecule has 2 aliphatic heterocycles. The quantitative estimate of drug-likeness (QED) is 0.614. The third kappa shape index (κ3) is 4.11. The van der Waals surface area contributed by atoms with Crippen LogP contribution in [-0.4, -0.2) is 68.5 Å². The molecule has 0 aliphatic carbocycles. The van der Waals surface area contributed by atoms with Crippen molar-refractivity contribution in [3.63, 3.8) is 0 Å². The molecule has 1 amide bonds. The normalized spacial score (nSPS) is 22.6. The van der Waals surface area contributed by atoms with E-state index in [9.17, 15) is 9.18 Å². The molecule has 0 N–H and O–H groups in total. The minimum Gasteiger partial charge on any atom is -0.338 e. The minimum absolute atomic E-state index is 0.0152. The number of rotatable bonds is 5. The Bertz CT molecular complexity index is 1080. The number of tetrazole rings is 1. The van der Waals surface area contributed by atoms with Crippen molar-refractivity contribution in [1.29, 1.82) is 0 Å². The summed E-state index contributed by atoms with van der Waals surface area (Å²) in [7, 11) is 0. The molecule has 32 heavy (non-hydrogen) atoms. The van der Waals surface area contributed by atoms with Gasteiger partial charge in [0.15, 0.2) is 5.65 Å². The number of carbonyl (C=O) groups is 1. The molecule has 2 atom stereocenters. The van der Waals surface area contributed by atoms with Gasteiger partial charge in [-0.25, -0.2) is 4.39 Å². The van der Waals surface area contributed by atoms with Crippen LogP contribution < -0.4 is 0 Å². The Morgan fingerprint density at radius 1 is 1.09 bits per heavy atom. The highest BCUT2D eigenvalue weighted by Gasteiger charge is 2.36. The lowest BCUT2D eigenvalue weighted by Crippen LogP contribution is -2.38. The van der Waals surface area contributed by atoms with Crippen molar-refractivity contribution in [2.75, 3.05) is 32.7 Å². The molecule has 2 unspecified atom stereocenters. The molecule has 2 saturated heterocycles. The van der Waals surface area contributed by atoms with Crippen LogP contribution in [0.4, 0.5) is 4.39 Å². The van der Waals surface area contributed by atoms with Gasteiger partial charge in [0.1, 0.15) is 5.82 Å². The van der Waals surface area contributed by atoms with E-state index in [-0.39, 0.29) is 11.7 Å². The Morgan fingerprint density at radius 3 is 2.59 bits per heavy atom. The summed E-state index contributed by atoms with van der Waals surface area (Å²) in [4.78, 5) is 17.8. The summed E-state index contributed by atoms with van der Waals surface area (Å²) in [6.07, 6.45) is 5.01. The van der Waals surface area contributed by atoms with Crippen molar-refractivity contribution in [3.05, 3.63) is 59.5 Å². The van der Waals surface area contributed by atoms with Gasteiger partial charge in [0.25, 0.3) is 5.91 Å². The maximum absolute atomic E-state index is 13.3. The number of halogens is 1. The molecule has 2 aromatic heterocycles. The topological polar surface area (TPSA) is 66.6 Å². The smallest absolute Gasteiger partial charge is 0.257 e. The molecule has 5 rings (SSSR count). The zero-order chi connectivity index (χ0) is 22.1. The molecular formula is C24H29FN6O. The largest absolute Gasteiger partial charge is 0.338 e. The van der Waals surface area contributed by atoms with Gasteiger partial charge in [-0.2, -0.15) is 4.52 Å². The van der Waals surface area contributed by atoms with E-state index < -0.39 is 0 Å². The summed E-state index contributed by atoms with van der Waals surface area (Å²) in [5.74, 6) is 1.33. The lowest BCUT2D eigenvalue weighted by Gasteiger charge is -2.34. The van der Waals surface area contributed by atoms with Gasteiger partial charge in [-0.05, 0) is 83.9 Å². The molecule has 168 valence electrons. The van der Waals surface area contributed by atoms with Gasteiger partial charge in [-0.15, -0.1) is 5.10 Å². The first-order chi connectivity index (χ1) is 15.6. The van der Waals surface area contributed by atoms with E-state index in [1.807, 2.05) is 29.2 Å². The Hall–Kier alpha value is -2.87. The molecule has 2 aliphatic rings. The number of amides is 1. The highest BCUT2D eigenvalue weighted by molar-refractivity contribution is 5.99. The van der Waals surface area contributed by atoms with Gasteiger partial charge >= 0.3 is 0 Å². The van der Waals surface area contributed by atoms with Crippen molar-refractivity contribution < 1.29 is 9.18 Å². The average molecular weight is 437 g/mol. The number of pyridine rings is 1. The Kier molecular flexibility index (Phi) is 5.87. The molecule has 4 heterocycles. The van der Waals surface area contributed by atoms with E-state index in [1.54, 1.807) is 22.8 Å². The second-order valence-corrected chi connectivity index (χ2v) is 9.13. The van der Waals surface area contributed by atoms with Crippen LogP contribution in [0.3, 0.4) is 0 Å². The number of piperidine rings is 1. The molecule has 3 aromatic rings. The second-order valence-electron chi connectivity index (χ2n) is 9.13. The third-order valence-corrected chi connectivity index (χ3v) is 7.26. The van der Waals surface area contributed by atoms with E-state index >= 15 is 0 Å². The summed E-state index contributed by atoms with van der Waals surface area (Å²) in [5.41, 5.74) is 2.32. The van der Waals surface area contributed by atoms with Crippen molar-refractivity contribution in [2.24, 2.45) is 11.8 Å². The number of aromatic nitrogens is 4. The fourth-order valence-electron chi connectivity index (χ4n) is 5.39. The van der Waals surface area contributed by atoms with Gasteiger partial charge in [0, 0.05) is 25.8 Å². The van der Waals surface area contributed by atoms with Crippen molar-refractivity contribution in [2.45, 2.75) is 32.1 Å². The molecule has 0 bridgehead atoms. The minimum atomic E-state index is -0.173. The summed E-state index contributed by atoms with van der Waals surface area (Å²) >= 11 is 0. The molecule has 7 nitrogen and oxygen atoms in total. The number of hydrogen-bond acceptors (Lipinski definition) is 5. The Labute approximate surface area is 187 Å². The average Bonchev–Trinajstić information content (AvgIpc) is 3.46. The van der Waals surface area contributed by atoms with Crippen LogP contribution >= 0.6 is 0 Å². The van der Waals surface area contributed by atoms with Gasteiger partial charge in [-0.3, -0.25) is 4.79 Å². The molecule has 1 aromatic carbocycles. The summed E-state index contributed by atoms with van der Waals surface area (Å²) in [6.45, 7) is 6.90. The number of hydrogen-bond donors (Lipinski definition) is 0. The first-order valence-corrected chi connectivity index (χ1v) is 11.6. The first-order valence-electron chi connectivity index (χ1n) is 11.6. The van der Waals surface area contributed by atoms with Crippen molar-refractivity contribution in [3.8, 4) is 0 Å². The van der Waals surface area contributed by atoms with E-state index in [0.29, 0.717) is 29.0 Å². The van der Waals surface area contributed by atoms with E-state index in [2.05, 4.69) is 27.3 Å². The van der Waals surface area contributed by atoms with Crippen molar-refractivity contribution in [1.82, 2.24) is 29.8 Å². The van der Waals surface area contributed by atoms with Crippen LogP contribution in [0.25, 0.3) is 5.65 Å². The monoisotopic (exact) mass is 436 g/mol. The van der Waals surface area contributed by atoms with Crippen molar-refractivity contribution >= 4 is 11.6 Å². The van der Waals surface area contributed by atoms with Crippen LogP contribution in [0, 0.1) is 17.7 Å². The summed E-state index contributed by atoms with van der Waals surface area (Å²) < 4.78 is 14.8. The van der Waals surface area contributed by atoms with Crippen LogP contribution in [0.1, 0.15) is 48.0 Å². The van der Waals surface area contributed by atoms with E-state index in [1.165, 1.54) is 5.56 Å². The summed E-state index contributed by atoms with van der Waals surface area (Å²) in [6, 6.07) is 10.6. The molecule has 8 heteroatoms. The maximum atomic E-state index is 13.3. The zero-order valence-corrected chi connectivity index (χ0v) is 18.4. The fourth-order valence-corrected chi connectivity index (χ4v) is 5.39. The van der Waals surface area contributed by atoms with E-state index in [0.717, 1.165) is 52.0 Å². The zero-order valence-electron chi connectivity index (χ0n) is 18.4. The predicted molar refractivity (Wildman–Crippen MR) is 119 cm³/mol. The lowest BCUT2D eigenvalue weighted by atomic mass is 9.88. The summed E-state index contributed by atoms with van der Waals surface area (Å²) in [5, 5.41) is 11.6. The number of carbonyl (C=O) groups excluding carboxylic acids is 1. The standard InChI is InChI=1S/C24H29FN6O/c1-2-17-15-30(24(32)22-4-3-11-31-23(22)26-27-28-31)16-20(17)14-29-12-9-19(10-13-29)18-5-7-21(25)8-6-18/h3-8,11,17,19-20H,2,9-10,12-16H2,1H3. The number of fused-ring (bicyclic) bond motifs is 1. The fraction of sp³-hybridized carbons (Fsp3) is 0.500. The molecule has 2 fully saturated rings. The molecular weight excluding hydrogens is 407 g/mol. The number of likely N-dealkylation sites (tertiary alicyclic amines) is 2.